The van der Waals surface area contributed by atoms with E-state index in [0.717, 1.165) is 41.7 Å². The second-order valence-corrected chi connectivity index (χ2v) is 7.41. The smallest absolute Gasteiger partial charge is 0.260 e. The van der Waals surface area contributed by atoms with Crippen LogP contribution in [0.15, 0.2) is 54.7 Å². The van der Waals surface area contributed by atoms with E-state index in [1.54, 1.807) is 0 Å². The summed E-state index contributed by atoms with van der Waals surface area (Å²) in [4.78, 5) is 17.6. The van der Waals surface area contributed by atoms with Crippen LogP contribution in [0.5, 0.6) is 0 Å². The Labute approximate surface area is 154 Å². The molecule has 1 atom stereocenters. The first kappa shape index (κ1) is 16.9. The first-order valence-electron chi connectivity index (χ1n) is 9.20. The summed E-state index contributed by atoms with van der Waals surface area (Å²) < 4.78 is 2.20. The maximum Gasteiger partial charge on any atom is 0.260 e. The summed E-state index contributed by atoms with van der Waals surface area (Å²) in [6.45, 7) is 3.94. The number of amides is 1. The van der Waals surface area contributed by atoms with Crippen molar-refractivity contribution in [2.24, 2.45) is 0 Å². The molecule has 0 aliphatic carbocycles. The maximum atomic E-state index is 13.5. The van der Waals surface area contributed by atoms with Gasteiger partial charge in [-0.1, -0.05) is 36.4 Å². The molecule has 3 aromatic rings. The van der Waals surface area contributed by atoms with Gasteiger partial charge in [-0.3, -0.25) is 4.79 Å². The fraction of sp³-hybridized carbons (Fsp3) is 0.318. The van der Waals surface area contributed by atoms with E-state index in [9.17, 15) is 4.79 Å². The van der Waals surface area contributed by atoms with Gasteiger partial charge in [0.05, 0.1) is 5.56 Å². The van der Waals surface area contributed by atoms with Crippen LogP contribution >= 0.6 is 0 Å². The van der Waals surface area contributed by atoms with E-state index in [1.165, 1.54) is 5.56 Å². The van der Waals surface area contributed by atoms with E-state index >= 15 is 0 Å². The molecule has 1 aliphatic heterocycles. The van der Waals surface area contributed by atoms with Crippen LogP contribution in [0.1, 0.15) is 22.8 Å². The summed E-state index contributed by atoms with van der Waals surface area (Å²) in [5, 5.41) is 1.04. The van der Waals surface area contributed by atoms with Gasteiger partial charge in [0.15, 0.2) is 0 Å². The molecule has 1 aromatic heterocycles. The number of hydrogen-bond donors (Lipinski definition) is 0. The minimum Gasteiger partial charge on any atom is -0.345 e. The van der Waals surface area contributed by atoms with Crippen LogP contribution in [-0.4, -0.2) is 42.1 Å². The Morgan fingerprint density at radius 3 is 2.65 bits per heavy atom. The van der Waals surface area contributed by atoms with Crippen molar-refractivity contribution in [3.63, 3.8) is 0 Å². The van der Waals surface area contributed by atoms with Gasteiger partial charge in [-0.2, -0.15) is 0 Å². The largest absolute Gasteiger partial charge is 0.345 e. The van der Waals surface area contributed by atoms with Crippen LogP contribution in [0.2, 0.25) is 0 Å². The van der Waals surface area contributed by atoms with Crippen LogP contribution in [0.4, 0.5) is 5.69 Å². The fourth-order valence-electron chi connectivity index (χ4n) is 3.91. The van der Waals surface area contributed by atoms with Gasteiger partial charge in [-0.05, 0) is 45.1 Å². The van der Waals surface area contributed by atoms with Crippen molar-refractivity contribution in [2.45, 2.75) is 25.9 Å². The van der Waals surface area contributed by atoms with Gasteiger partial charge in [0.1, 0.15) is 0 Å². The van der Waals surface area contributed by atoms with E-state index in [0.29, 0.717) is 0 Å². The van der Waals surface area contributed by atoms with E-state index < -0.39 is 0 Å². The Kier molecular flexibility index (Phi) is 4.29. The number of benzene rings is 2. The lowest BCUT2D eigenvalue weighted by atomic mass is 10.1. The van der Waals surface area contributed by atoms with Gasteiger partial charge in [0.2, 0.25) is 0 Å². The van der Waals surface area contributed by atoms with Gasteiger partial charge >= 0.3 is 0 Å². The number of para-hydroxylation sites is 2. The maximum absolute atomic E-state index is 13.5. The van der Waals surface area contributed by atoms with Crippen molar-refractivity contribution in [2.75, 3.05) is 25.5 Å². The summed E-state index contributed by atoms with van der Waals surface area (Å²) in [6, 6.07) is 16.6. The Balaban J connectivity index is 1.76. The molecule has 2 heterocycles. The zero-order valence-corrected chi connectivity index (χ0v) is 15.6. The van der Waals surface area contributed by atoms with Crippen molar-refractivity contribution in [1.29, 1.82) is 0 Å². The Morgan fingerprint density at radius 2 is 1.85 bits per heavy atom. The van der Waals surface area contributed by atoms with Gasteiger partial charge in [0.25, 0.3) is 5.91 Å². The van der Waals surface area contributed by atoms with E-state index in [2.05, 4.69) is 54.8 Å². The molecule has 4 rings (SSSR count). The van der Waals surface area contributed by atoms with Crippen LogP contribution in [0.25, 0.3) is 10.9 Å². The molecule has 4 heteroatoms. The number of rotatable bonds is 4. The number of hydrogen-bond acceptors (Lipinski definition) is 2. The summed E-state index contributed by atoms with van der Waals surface area (Å²) in [6.07, 6.45) is 2.95. The monoisotopic (exact) mass is 347 g/mol. The first-order chi connectivity index (χ1) is 12.6. The molecule has 4 nitrogen and oxygen atoms in total. The molecular formula is C22H25N3O. The Morgan fingerprint density at radius 1 is 1.12 bits per heavy atom. The van der Waals surface area contributed by atoms with Crippen molar-refractivity contribution < 1.29 is 4.79 Å². The van der Waals surface area contributed by atoms with Gasteiger partial charge in [-0.15, -0.1) is 0 Å². The summed E-state index contributed by atoms with van der Waals surface area (Å²) in [5.41, 5.74) is 4.22. The van der Waals surface area contributed by atoms with Crippen LogP contribution in [0, 0.1) is 0 Å². The first-order valence-corrected chi connectivity index (χ1v) is 9.20. The highest BCUT2D eigenvalue weighted by Crippen LogP contribution is 2.34. The number of aromatic nitrogens is 1. The molecule has 1 aliphatic rings. The van der Waals surface area contributed by atoms with E-state index in [1.807, 2.05) is 35.4 Å². The zero-order chi connectivity index (χ0) is 18.3. The quantitative estimate of drug-likeness (QED) is 0.718. The lowest BCUT2D eigenvalue weighted by molar-refractivity contribution is 0.0983. The predicted molar refractivity (Wildman–Crippen MR) is 107 cm³/mol. The van der Waals surface area contributed by atoms with Crippen molar-refractivity contribution >= 4 is 22.5 Å². The molecule has 1 amide bonds. The Hall–Kier alpha value is -2.59. The van der Waals surface area contributed by atoms with E-state index in [-0.39, 0.29) is 11.9 Å². The van der Waals surface area contributed by atoms with E-state index in [4.69, 9.17) is 0 Å². The highest BCUT2D eigenvalue weighted by molar-refractivity contribution is 6.15. The number of likely N-dealkylation sites (N-methyl/N-ethyl adjacent to an activating group) is 1. The second-order valence-electron chi connectivity index (χ2n) is 7.41. The molecule has 0 radical (unpaired) electrons. The third-order valence-electron chi connectivity index (χ3n) is 5.23. The molecule has 134 valence electrons. The predicted octanol–water partition coefficient (Wildman–Crippen LogP) is 3.79. The summed E-state index contributed by atoms with van der Waals surface area (Å²) in [5.74, 6) is 0.0993. The second kappa shape index (κ2) is 6.61. The molecule has 26 heavy (non-hydrogen) atoms. The topological polar surface area (TPSA) is 28.5 Å². The van der Waals surface area contributed by atoms with Gasteiger partial charge < -0.3 is 14.4 Å². The van der Waals surface area contributed by atoms with Gasteiger partial charge in [0, 0.05) is 41.9 Å². The molecule has 2 aromatic carbocycles. The molecular weight excluding hydrogens is 322 g/mol. The third kappa shape index (κ3) is 2.80. The standard InChI is InChI=1S/C22H25N3O/c1-16-14-17-8-4-6-10-20(17)25(16)22(26)19-15-24(13-12-23(2)3)21-11-7-5-9-18(19)21/h4-11,15-16H,12-14H2,1-3H3/t16-/m0/s1. The average molecular weight is 347 g/mol. The normalized spacial score (nSPS) is 16.5. The summed E-state index contributed by atoms with van der Waals surface area (Å²) in [7, 11) is 4.14. The molecule has 0 saturated carbocycles. The van der Waals surface area contributed by atoms with Crippen molar-refractivity contribution in [3.8, 4) is 0 Å². The Bertz CT molecular complexity index is 957. The SMILES string of the molecule is C[C@H]1Cc2ccccc2N1C(=O)c1cn(CCN(C)C)c2ccccc12. The number of fused-ring (bicyclic) bond motifs is 2. The minimum absolute atomic E-state index is 0.0993. The minimum atomic E-state index is 0.0993. The molecule has 0 spiro atoms. The number of anilines is 1. The number of carbonyl (C=O) groups is 1. The fourth-order valence-corrected chi connectivity index (χ4v) is 3.91. The van der Waals surface area contributed by atoms with Crippen LogP contribution in [0.3, 0.4) is 0 Å². The van der Waals surface area contributed by atoms with Crippen molar-refractivity contribution in [3.05, 3.63) is 65.9 Å². The third-order valence-corrected chi connectivity index (χ3v) is 5.23. The number of carbonyl (C=O) groups excluding carboxylic acids is 1. The lowest BCUT2D eigenvalue weighted by Gasteiger charge is -2.22. The van der Waals surface area contributed by atoms with Crippen molar-refractivity contribution in [1.82, 2.24) is 9.47 Å². The molecule has 0 fully saturated rings. The molecule has 0 unspecified atom stereocenters. The average Bonchev–Trinajstić information content (AvgIpc) is 3.16. The summed E-state index contributed by atoms with van der Waals surface area (Å²) >= 11 is 0. The molecule has 0 N–H and O–H groups in total. The number of nitrogens with zero attached hydrogens (tertiary/aromatic N) is 3. The highest BCUT2D eigenvalue weighted by atomic mass is 16.2. The van der Waals surface area contributed by atoms with Gasteiger partial charge in [-0.25, -0.2) is 0 Å². The highest BCUT2D eigenvalue weighted by Gasteiger charge is 2.32. The zero-order valence-electron chi connectivity index (χ0n) is 15.6. The van der Waals surface area contributed by atoms with Crippen LogP contribution in [-0.2, 0) is 13.0 Å². The lowest BCUT2D eigenvalue weighted by Crippen LogP contribution is -2.35. The van der Waals surface area contributed by atoms with Crippen LogP contribution < -0.4 is 4.90 Å². The molecule has 0 bridgehead atoms. The molecule has 0 saturated heterocycles.